The van der Waals surface area contributed by atoms with Crippen LogP contribution >= 0.6 is 11.6 Å². The largest absolute Gasteiger partial charge is 0.378 e. The number of morpholine rings is 1. The molecule has 1 aliphatic heterocycles. The second kappa shape index (κ2) is 7.44. The second-order valence-electron chi connectivity index (χ2n) is 5.38. The molecule has 0 atom stereocenters. The van der Waals surface area contributed by atoms with Crippen LogP contribution < -0.4 is 0 Å². The molecular formula is C19H18ClNO2. The maximum atomic E-state index is 13.0. The molecule has 0 N–H and O–H groups in total. The van der Waals surface area contributed by atoms with Crippen LogP contribution in [-0.4, -0.2) is 37.0 Å². The number of benzene rings is 2. The van der Waals surface area contributed by atoms with Crippen LogP contribution in [0.4, 0.5) is 0 Å². The first kappa shape index (κ1) is 15.8. The highest BCUT2D eigenvalue weighted by Crippen LogP contribution is 2.19. The molecule has 0 saturated carbocycles. The highest BCUT2D eigenvalue weighted by Gasteiger charge is 2.21. The third-order valence-corrected chi connectivity index (χ3v) is 4.05. The highest BCUT2D eigenvalue weighted by atomic mass is 35.5. The number of hydrogen-bond donors (Lipinski definition) is 0. The van der Waals surface area contributed by atoms with Gasteiger partial charge in [-0.3, -0.25) is 4.79 Å². The molecule has 1 saturated heterocycles. The van der Waals surface area contributed by atoms with Crippen LogP contribution in [0.25, 0.3) is 6.08 Å². The van der Waals surface area contributed by atoms with E-state index in [-0.39, 0.29) is 5.78 Å². The normalized spacial score (nSPS) is 15.5. The molecule has 0 radical (unpaired) electrons. The van der Waals surface area contributed by atoms with Crippen molar-refractivity contribution >= 4 is 23.5 Å². The van der Waals surface area contributed by atoms with Gasteiger partial charge in [-0.1, -0.05) is 41.9 Å². The van der Waals surface area contributed by atoms with Crippen molar-refractivity contribution in [2.24, 2.45) is 0 Å². The Morgan fingerprint density at radius 3 is 2.30 bits per heavy atom. The van der Waals surface area contributed by atoms with Gasteiger partial charge in [-0.2, -0.15) is 0 Å². The predicted molar refractivity (Wildman–Crippen MR) is 92.6 cm³/mol. The standard InChI is InChI=1S/C19H18ClNO2/c20-17-8-6-16(7-9-17)19(22)18(21-10-12-23-13-11-21)14-15-4-2-1-3-5-15/h1-9,14H,10-13H2/b18-14-. The number of hydrogen-bond acceptors (Lipinski definition) is 3. The molecule has 0 aliphatic carbocycles. The van der Waals surface area contributed by atoms with Gasteiger partial charge < -0.3 is 9.64 Å². The van der Waals surface area contributed by atoms with Gasteiger partial charge in [0.2, 0.25) is 5.78 Å². The zero-order valence-electron chi connectivity index (χ0n) is 12.7. The number of nitrogens with zero attached hydrogens (tertiary/aromatic N) is 1. The fraction of sp³-hybridized carbons (Fsp3) is 0.211. The first-order chi connectivity index (χ1) is 11.2. The van der Waals surface area contributed by atoms with E-state index in [0.717, 1.165) is 18.7 Å². The number of rotatable bonds is 4. The van der Waals surface area contributed by atoms with E-state index in [4.69, 9.17) is 16.3 Å². The predicted octanol–water partition coefficient (Wildman–Crippen LogP) is 3.90. The zero-order chi connectivity index (χ0) is 16.1. The van der Waals surface area contributed by atoms with Crippen molar-refractivity contribution in [1.82, 2.24) is 4.90 Å². The number of halogens is 1. The smallest absolute Gasteiger partial charge is 0.209 e. The van der Waals surface area contributed by atoms with E-state index in [1.165, 1.54) is 0 Å². The average molecular weight is 328 g/mol. The lowest BCUT2D eigenvalue weighted by Gasteiger charge is -2.30. The van der Waals surface area contributed by atoms with E-state index in [9.17, 15) is 4.79 Å². The minimum absolute atomic E-state index is 0.00687. The van der Waals surface area contributed by atoms with Gasteiger partial charge in [0.25, 0.3) is 0 Å². The summed E-state index contributed by atoms with van der Waals surface area (Å²) in [5, 5.41) is 0.626. The Morgan fingerprint density at radius 2 is 1.65 bits per heavy atom. The second-order valence-corrected chi connectivity index (χ2v) is 5.81. The molecule has 0 amide bonds. The monoisotopic (exact) mass is 327 g/mol. The van der Waals surface area contributed by atoms with E-state index in [1.54, 1.807) is 24.3 Å². The molecule has 118 valence electrons. The van der Waals surface area contributed by atoms with Gasteiger partial charge in [0, 0.05) is 23.7 Å². The van der Waals surface area contributed by atoms with Gasteiger partial charge >= 0.3 is 0 Å². The molecule has 0 bridgehead atoms. The van der Waals surface area contributed by atoms with E-state index < -0.39 is 0 Å². The summed E-state index contributed by atoms with van der Waals surface area (Å²) in [6.07, 6.45) is 1.95. The quantitative estimate of drug-likeness (QED) is 0.630. The molecule has 0 aromatic heterocycles. The molecule has 0 spiro atoms. The van der Waals surface area contributed by atoms with Crippen molar-refractivity contribution < 1.29 is 9.53 Å². The summed E-state index contributed by atoms with van der Waals surface area (Å²) in [7, 11) is 0. The third-order valence-electron chi connectivity index (χ3n) is 3.79. The first-order valence-corrected chi connectivity index (χ1v) is 8.01. The Labute approximate surface area is 141 Å². The van der Waals surface area contributed by atoms with Crippen LogP contribution in [0.3, 0.4) is 0 Å². The van der Waals surface area contributed by atoms with Crippen molar-refractivity contribution in [2.75, 3.05) is 26.3 Å². The molecule has 23 heavy (non-hydrogen) atoms. The minimum atomic E-state index is 0.00687. The maximum Gasteiger partial charge on any atom is 0.209 e. The Morgan fingerprint density at radius 1 is 1.00 bits per heavy atom. The van der Waals surface area contributed by atoms with Crippen molar-refractivity contribution in [1.29, 1.82) is 0 Å². The van der Waals surface area contributed by atoms with Crippen molar-refractivity contribution in [3.05, 3.63) is 76.4 Å². The van der Waals surface area contributed by atoms with E-state index in [1.807, 2.05) is 36.4 Å². The van der Waals surface area contributed by atoms with Gasteiger partial charge in [-0.25, -0.2) is 0 Å². The van der Waals surface area contributed by atoms with Crippen molar-refractivity contribution in [3.63, 3.8) is 0 Å². The van der Waals surface area contributed by atoms with Gasteiger partial charge in [0.15, 0.2) is 0 Å². The highest BCUT2D eigenvalue weighted by molar-refractivity contribution is 6.30. The van der Waals surface area contributed by atoms with Crippen LogP contribution in [0.15, 0.2) is 60.3 Å². The van der Waals surface area contributed by atoms with E-state index >= 15 is 0 Å². The molecule has 2 aromatic rings. The Bertz CT molecular complexity index is 689. The van der Waals surface area contributed by atoms with Gasteiger partial charge in [-0.15, -0.1) is 0 Å². The average Bonchev–Trinajstić information content (AvgIpc) is 2.61. The molecule has 1 heterocycles. The van der Waals surface area contributed by atoms with Crippen molar-refractivity contribution in [2.45, 2.75) is 0 Å². The van der Waals surface area contributed by atoms with Crippen LogP contribution in [0.5, 0.6) is 0 Å². The van der Waals surface area contributed by atoms with Crippen LogP contribution in [0.2, 0.25) is 5.02 Å². The van der Waals surface area contributed by atoms with Crippen LogP contribution in [0.1, 0.15) is 15.9 Å². The van der Waals surface area contributed by atoms with Crippen LogP contribution in [0, 0.1) is 0 Å². The minimum Gasteiger partial charge on any atom is -0.378 e. The Balaban J connectivity index is 1.95. The molecular weight excluding hydrogens is 310 g/mol. The molecule has 4 heteroatoms. The summed E-state index contributed by atoms with van der Waals surface area (Å²) in [5.74, 6) is 0.00687. The molecule has 1 aliphatic rings. The summed E-state index contributed by atoms with van der Waals surface area (Å²) in [6, 6.07) is 16.9. The van der Waals surface area contributed by atoms with Gasteiger partial charge in [0.05, 0.1) is 18.9 Å². The number of carbonyl (C=O) groups excluding carboxylic acids is 1. The summed E-state index contributed by atoms with van der Waals surface area (Å²) in [5.41, 5.74) is 2.35. The number of ketones is 1. The zero-order valence-corrected chi connectivity index (χ0v) is 13.5. The number of carbonyl (C=O) groups is 1. The lowest BCUT2D eigenvalue weighted by molar-refractivity contribution is 0.0512. The molecule has 3 rings (SSSR count). The molecule has 3 nitrogen and oxygen atoms in total. The van der Waals surface area contributed by atoms with Crippen LogP contribution in [-0.2, 0) is 4.74 Å². The molecule has 2 aromatic carbocycles. The number of allylic oxidation sites excluding steroid dienone is 1. The molecule has 1 fully saturated rings. The fourth-order valence-corrected chi connectivity index (χ4v) is 2.69. The maximum absolute atomic E-state index is 13.0. The van der Waals surface area contributed by atoms with E-state index in [0.29, 0.717) is 29.5 Å². The van der Waals surface area contributed by atoms with Crippen molar-refractivity contribution in [3.8, 4) is 0 Å². The lowest BCUT2D eigenvalue weighted by Crippen LogP contribution is -2.38. The first-order valence-electron chi connectivity index (χ1n) is 7.64. The summed E-state index contributed by atoms with van der Waals surface area (Å²) in [6.45, 7) is 2.72. The molecule has 0 unspecified atom stereocenters. The number of Topliss-reactive ketones (excluding diaryl/α,β-unsaturated/α-hetero) is 1. The van der Waals surface area contributed by atoms with Gasteiger partial charge in [0.1, 0.15) is 0 Å². The SMILES string of the molecule is O=C(/C(=C/c1ccccc1)N1CCOCC1)c1ccc(Cl)cc1. The Kier molecular flexibility index (Phi) is 5.11. The number of ether oxygens (including phenoxy) is 1. The fourth-order valence-electron chi connectivity index (χ4n) is 2.56. The Hall–Kier alpha value is -2.10. The summed E-state index contributed by atoms with van der Waals surface area (Å²) in [4.78, 5) is 15.1. The van der Waals surface area contributed by atoms with Gasteiger partial charge in [-0.05, 0) is 35.9 Å². The summed E-state index contributed by atoms with van der Waals surface area (Å²) < 4.78 is 5.40. The third kappa shape index (κ3) is 4.01. The summed E-state index contributed by atoms with van der Waals surface area (Å²) >= 11 is 5.92. The lowest BCUT2D eigenvalue weighted by atomic mass is 10.0. The topological polar surface area (TPSA) is 29.5 Å². The van der Waals surface area contributed by atoms with E-state index in [2.05, 4.69) is 4.90 Å².